The summed E-state index contributed by atoms with van der Waals surface area (Å²) in [6.07, 6.45) is 50.1. The maximum atomic E-state index is 13.0. The van der Waals surface area contributed by atoms with Crippen molar-refractivity contribution in [3.8, 4) is 0 Å². The normalized spacial score (nSPS) is 20.3. The van der Waals surface area contributed by atoms with Gasteiger partial charge in [-0.2, -0.15) is 0 Å². The van der Waals surface area contributed by atoms with Gasteiger partial charge in [-0.1, -0.05) is 230 Å². The molecule has 64 heavy (non-hydrogen) atoms. The molecule has 0 aliphatic carbocycles. The number of nitrogens with one attached hydrogen (secondary N) is 1. The Morgan fingerprint density at radius 1 is 0.531 bits per heavy atom. The van der Waals surface area contributed by atoms with Crippen LogP contribution in [0.25, 0.3) is 0 Å². The standard InChI is InChI=1S/C55H103NO8/c1-3-5-7-9-11-13-15-17-19-21-22-23-24-25-26-27-28-29-31-33-35-37-39-41-43-45-51(59)56-48(47-63-55-54(62)53(61)52(60)50(46-57)64-55)49(58)44-42-40-38-36-34-32-30-20-18-16-14-12-10-8-6-4-2/h15,17,21-22,24-25,48-50,52-55,57-58,60-62H,3-14,16,18-20,23,26-47H2,1-2H3,(H,56,59)/b17-15-,22-21-,25-24-. The Kier molecular flexibility index (Phi) is 42.7. The van der Waals surface area contributed by atoms with E-state index in [2.05, 4.69) is 55.6 Å². The molecule has 0 aromatic rings. The van der Waals surface area contributed by atoms with Crippen LogP contribution in [0.1, 0.15) is 251 Å². The largest absolute Gasteiger partial charge is 0.394 e. The molecule has 0 aromatic heterocycles. The van der Waals surface area contributed by atoms with Gasteiger partial charge in [0, 0.05) is 6.42 Å². The molecule has 1 aliphatic rings. The van der Waals surface area contributed by atoms with Crippen molar-refractivity contribution in [1.82, 2.24) is 5.32 Å². The van der Waals surface area contributed by atoms with Gasteiger partial charge in [0.15, 0.2) is 6.29 Å². The maximum Gasteiger partial charge on any atom is 0.220 e. The van der Waals surface area contributed by atoms with Crippen molar-refractivity contribution in [2.45, 2.75) is 294 Å². The molecule has 0 bridgehead atoms. The van der Waals surface area contributed by atoms with Crippen LogP contribution in [0.4, 0.5) is 0 Å². The van der Waals surface area contributed by atoms with Crippen molar-refractivity contribution in [1.29, 1.82) is 0 Å². The molecule has 1 aliphatic heterocycles. The Bertz CT molecular complexity index is 1100. The van der Waals surface area contributed by atoms with Gasteiger partial charge in [0.05, 0.1) is 25.4 Å². The van der Waals surface area contributed by atoms with E-state index in [0.29, 0.717) is 12.8 Å². The Morgan fingerprint density at radius 3 is 1.36 bits per heavy atom. The van der Waals surface area contributed by atoms with E-state index in [1.165, 1.54) is 173 Å². The van der Waals surface area contributed by atoms with Crippen LogP contribution in [0.2, 0.25) is 0 Å². The minimum Gasteiger partial charge on any atom is -0.394 e. The summed E-state index contributed by atoms with van der Waals surface area (Å²) in [6.45, 7) is 3.84. The SMILES string of the molecule is CCCCCCC/C=C\C/C=C\C/C=C\CCCCCCCCCCCCC(=O)NC(COC1OC(CO)C(O)C(O)C1O)C(O)CCCCCCCCCCCCCCCCCC. The molecule has 0 aromatic carbocycles. The average molecular weight is 906 g/mol. The second-order valence-corrected chi connectivity index (χ2v) is 19.0. The molecule has 9 heteroatoms. The van der Waals surface area contributed by atoms with Gasteiger partial charge in [-0.25, -0.2) is 0 Å². The van der Waals surface area contributed by atoms with Crippen molar-refractivity contribution in [2.24, 2.45) is 0 Å². The maximum absolute atomic E-state index is 13.0. The highest BCUT2D eigenvalue weighted by molar-refractivity contribution is 5.76. The minimum atomic E-state index is -1.55. The Labute approximate surface area is 393 Å². The number of rotatable bonds is 46. The molecule has 1 amide bonds. The molecule has 1 heterocycles. The highest BCUT2D eigenvalue weighted by Crippen LogP contribution is 2.23. The minimum absolute atomic E-state index is 0.138. The first-order chi connectivity index (χ1) is 31.3. The zero-order valence-electron chi connectivity index (χ0n) is 41.5. The summed E-state index contributed by atoms with van der Waals surface area (Å²) in [4.78, 5) is 13.0. The Balaban J connectivity index is 2.23. The van der Waals surface area contributed by atoms with Gasteiger partial charge < -0.3 is 40.3 Å². The average Bonchev–Trinajstić information content (AvgIpc) is 3.29. The third-order valence-electron chi connectivity index (χ3n) is 13.0. The first-order valence-electron chi connectivity index (χ1n) is 27.2. The third-order valence-corrected chi connectivity index (χ3v) is 13.0. The lowest BCUT2D eigenvalue weighted by Gasteiger charge is -2.40. The fraction of sp³-hybridized carbons (Fsp3) is 0.873. The molecular weight excluding hydrogens is 803 g/mol. The number of allylic oxidation sites excluding steroid dienone is 6. The van der Waals surface area contributed by atoms with Gasteiger partial charge in [-0.05, 0) is 51.4 Å². The van der Waals surface area contributed by atoms with Gasteiger partial charge in [0.25, 0.3) is 0 Å². The van der Waals surface area contributed by atoms with E-state index in [4.69, 9.17) is 9.47 Å². The molecule has 6 N–H and O–H groups in total. The predicted octanol–water partition coefficient (Wildman–Crippen LogP) is 12.8. The number of hydrogen-bond acceptors (Lipinski definition) is 8. The van der Waals surface area contributed by atoms with Crippen LogP contribution in [0.5, 0.6) is 0 Å². The summed E-state index contributed by atoms with van der Waals surface area (Å²) < 4.78 is 11.3. The summed E-state index contributed by atoms with van der Waals surface area (Å²) in [5.41, 5.74) is 0. The number of unbranched alkanes of at least 4 members (excludes halogenated alkanes) is 30. The van der Waals surface area contributed by atoms with E-state index in [9.17, 15) is 30.3 Å². The van der Waals surface area contributed by atoms with E-state index in [1.54, 1.807) is 0 Å². The molecule has 9 nitrogen and oxygen atoms in total. The number of carbonyl (C=O) groups excluding carboxylic acids is 1. The fourth-order valence-corrected chi connectivity index (χ4v) is 8.64. The lowest BCUT2D eigenvalue weighted by Crippen LogP contribution is -2.60. The summed E-state index contributed by atoms with van der Waals surface area (Å²) in [5.74, 6) is -0.147. The summed E-state index contributed by atoms with van der Waals surface area (Å²) in [5, 5.41) is 54.6. The number of ether oxygens (including phenoxy) is 2. The van der Waals surface area contributed by atoms with E-state index >= 15 is 0 Å². The predicted molar refractivity (Wildman–Crippen MR) is 267 cm³/mol. The van der Waals surface area contributed by atoms with Crippen molar-refractivity contribution >= 4 is 5.91 Å². The first kappa shape index (κ1) is 60.4. The molecule has 0 radical (unpaired) electrons. The lowest BCUT2D eigenvalue weighted by molar-refractivity contribution is -0.302. The van der Waals surface area contributed by atoms with Crippen LogP contribution >= 0.6 is 0 Å². The quantitative estimate of drug-likeness (QED) is 0.0261. The fourth-order valence-electron chi connectivity index (χ4n) is 8.64. The van der Waals surface area contributed by atoms with E-state index in [1.807, 2.05) is 0 Å². The van der Waals surface area contributed by atoms with Gasteiger partial charge in [-0.15, -0.1) is 0 Å². The monoisotopic (exact) mass is 906 g/mol. The number of aliphatic hydroxyl groups excluding tert-OH is 5. The van der Waals surface area contributed by atoms with E-state index in [-0.39, 0.29) is 12.5 Å². The highest BCUT2D eigenvalue weighted by atomic mass is 16.7. The number of hydrogen-bond donors (Lipinski definition) is 6. The Hall–Kier alpha value is -1.59. The van der Waals surface area contributed by atoms with Crippen LogP contribution in [-0.2, 0) is 14.3 Å². The summed E-state index contributed by atoms with van der Waals surface area (Å²) in [6, 6.07) is -0.721. The van der Waals surface area contributed by atoms with Crippen LogP contribution in [0, 0.1) is 0 Å². The second-order valence-electron chi connectivity index (χ2n) is 19.0. The molecule has 0 spiro atoms. The van der Waals surface area contributed by atoms with Crippen LogP contribution < -0.4 is 5.32 Å². The van der Waals surface area contributed by atoms with Crippen molar-refractivity contribution in [3.63, 3.8) is 0 Å². The van der Waals surface area contributed by atoms with Gasteiger partial charge >= 0.3 is 0 Å². The summed E-state index contributed by atoms with van der Waals surface area (Å²) >= 11 is 0. The van der Waals surface area contributed by atoms with Crippen LogP contribution in [0.15, 0.2) is 36.5 Å². The topological polar surface area (TPSA) is 149 Å². The van der Waals surface area contributed by atoms with Gasteiger partial charge in [-0.3, -0.25) is 4.79 Å². The molecule has 376 valence electrons. The number of aliphatic hydroxyl groups is 5. The van der Waals surface area contributed by atoms with Crippen molar-refractivity contribution < 1.29 is 39.8 Å². The third kappa shape index (κ3) is 34.7. The number of amides is 1. The smallest absolute Gasteiger partial charge is 0.220 e. The van der Waals surface area contributed by atoms with Crippen LogP contribution in [0.3, 0.4) is 0 Å². The first-order valence-corrected chi connectivity index (χ1v) is 27.2. The molecule has 7 unspecified atom stereocenters. The molecule has 1 fully saturated rings. The second kappa shape index (κ2) is 45.2. The molecule has 1 saturated heterocycles. The zero-order valence-corrected chi connectivity index (χ0v) is 41.5. The van der Waals surface area contributed by atoms with Crippen LogP contribution in [-0.4, -0.2) is 87.5 Å². The lowest BCUT2D eigenvalue weighted by atomic mass is 9.99. The van der Waals surface area contributed by atoms with Gasteiger partial charge in [0.2, 0.25) is 5.91 Å². The Morgan fingerprint density at radius 2 is 0.922 bits per heavy atom. The van der Waals surface area contributed by atoms with Gasteiger partial charge in [0.1, 0.15) is 24.4 Å². The zero-order chi connectivity index (χ0) is 46.6. The molecule has 0 saturated carbocycles. The molecular formula is C55H103NO8. The number of carbonyl (C=O) groups is 1. The van der Waals surface area contributed by atoms with Crippen molar-refractivity contribution in [2.75, 3.05) is 13.2 Å². The molecule has 7 atom stereocenters. The van der Waals surface area contributed by atoms with E-state index < -0.39 is 49.5 Å². The van der Waals surface area contributed by atoms with Crippen molar-refractivity contribution in [3.05, 3.63) is 36.5 Å². The molecule has 1 rings (SSSR count). The summed E-state index contributed by atoms with van der Waals surface area (Å²) in [7, 11) is 0. The van der Waals surface area contributed by atoms with E-state index in [0.717, 1.165) is 51.4 Å². The highest BCUT2D eigenvalue weighted by Gasteiger charge is 2.44.